The Hall–Kier alpha value is -0.340. The van der Waals surface area contributed by atoms with Gasteiger partial charge in [-0.15, -0.1) is 0 Å². The van der Waals surface area contributed by atoms with E-state index in [-0.39, 0.29) is 6.10 Å². The van der Waals surface area contributed by atoms with Gasteiger partial charge in [0.15, 0.2) is 0 Å². The Labute approximate surface area is 92.3 Å². The van der Waals surface area contributed by atoms with Gasteiger partial charge >= 0.3 is 0 Å². The summed E-state index contributed by atoms with van der Waals surface area (Å²) in [7, 11) is 0. The third-order valence-corrected chi connectivity index (χ3v) is 3.49. The van der Waals surface area contributed by atoms with E-state index in [1.807, 2.05) is 0 Å². The van der Waals surface area contributed by atoms with Gasteiger partial charge in [0.1, 0.15) is 0 Å². The van der Waals surface area contributed by atoms with Crippen molar-refractivity contribution in [2.24, 2.45) is 0 Å². The molecule has 0 aromatic rings. The molecule has 2 aliphatic rings. The first-order chi connectivity index (χ1) is 7.34. The van der Waals surface area contributed by atoms with Crippen molar-refractivity contribution in [2.75, 3.05) is 6.61 Å². The lowest BCUT2D eigenvalue weighted by Crippen LogP contribution is -2.05. The summed E-state index contributed by atoms with van der Waals surface area (Å²) in [6, 6.07) is 0. The van der Waals surface area contributed by atoms with Crippen molar-refractivity contribution in [1.82, 2.24) is 0 Å². The molecule has 2 rings (SSSR count). The third kappa shape index (κ3) is 3.62. The number of hydrogen-bond acceptors (Lipinski definition) is 2. The minimum absolute atomic E-state index is 0.188. The molecule has 1 heterocycles. The molecule has 0 bridgehead atoms. The van der Waals surface area contributed by atoms with Crippen LogP contribution >= 0.6 is 0 Å². The van der Waals surface area contributed by atoms with Gasteiger partial charge in [-0.2, -0.15) is 0 Å². The van der Waals surface area contributed by atoms with E-state index in [0.717, 1.165) is 25.9 Å². The van der Waals surface area contributed by atoms with Gasteiger partial charge in [-0.25, -0.2) is 0 Å². The molecule has 0 aromatic heterocycles. The molecule has 1 saturated heterocycles. The van der Waals surface area contributed by atoms with E-state index < -0.39 is 0 Å². The fourth-order valence-corrected chi connectivity index (χ4v) is 2.57. The molecule has 0 aromatic carbocycles. The quantitative estimate of drug-likeness (QED) is 0.726. The molecule has 86 valence electrons. The lowest BCUT2D eigenvalue weighted by molar-refractivity contribution is 0.104. The summed E-state index contributed by atoms with van der Waals surface area (Å²) >= 11 is 0. The SMILES string of the molecule is OC1C=C(CCC2CCCO2)CCCC1. The molecule has 0 saturated carbocycles. The minimum Gasteiger partial charge on any atom is -0.389 e. The van der Waals surface area contributed by atoms with Gasteiger partial charge in [-0.1, -0.05) is 18.1 Å². The largest absolute Gasteiger partial charge is 0.389 e. The van der Waals surface area contributed by atoms with Crippen LogP contribution < -0.4 is 0 Å². The van der Waals surface area contributed by atoms with Gasteiger partial charge < -0.3 is 9.84 Å². The Morgan fingerprint density at radius 1 is 1.27 bits per heavy atom. The molecule has 2 atom stereocenters. The lowest BCUT2D eigenvalue weighted by atomic mass is 10.0. The smallest absolute Gasteiger partial charge is 0.0723 e. The van der Waals surface area contributed by atoms with Crippen LogP contribution in [0.4, 0.5) is 0 Å². The normalized spacial score (nSPS) is 32.5. The second-order valence-corrected chi connectivity index (χ2v) is 4.81. The molecule has 0 spiro atoms. The van der Waals surface area contributed by atoms with E-state index in [2.05, 4.69) is 6.08 Å². The van der Waals surface area contributed by atoms with Gasteiger partial charge in [-0.3, -0.25) is 0 Å². The Bertz CT molecular complexity index is 217. The molecule has 1 aliphatic carbocycles. The Morgan fingerprint density at radius 3 is 3.00 bits per heavy atom. The Kier molecular flexibility index (Phi) is 4.21. The molecule has 15 heavy (non-hydrogen) atoms. The number of rotatable bonds is 3. The molecular weight excluding hydrogens is 188 g/mol. The van der Waals surface area contributed by atoms with E-state index in [1.165, 1.54) is 37.7 Å². The molecule has 2 heteroatoms. The highest BCUT2D eigenvalue weighted by Crippen LogP contribution is 2.24. The fourth-order valence-electron chi connectivity index (χ4n) is 2.57. The molecule has 2 nitrogen and oxygen atoms in total. The summed E-state index contributed by atoms with van der Waals surface area (Å²) in [6.45, 7) is 0.951. The summed E-state index contributed by atoms with van der Waals surface area (Å²) in [5.41, 5.74) is 1.45. The molecule has 0 radical (unpaired) electrons. The summed E-state index contributed by atoms with van der Waals surface area (Å²) < 4.78 is 5.61. The van der Waals surface area contributed by atoms with Crippen molar-refractivity contribution in [3.8, 4) is 0 Å². The maximum absolute atomic E-state index is 9.64. The van der Waals surface area contributed by atoms with Gasteiger partial charge in [0, 0.05) is 6.61 Å². The minimum atomic E-state index is -0.188. The van der Waals surface area contributed by atoms with Crippen molar-refractivity contribution in [2.45, 2.75) is 63.6 Å². The predicted octanol–water partition coefficient (Wildman–Crippen LogP) is 2.81. The van der Waals surface area contributed by atoms with Crippen LogP contribution in [0.5, 0.6) is 0 Å². The average molecular weight is 210 g/mol. The Morgan fingerprint density at radius 2 is 2.20 bits per heavy atom. The standard InChI is InChI=1S/C13H22O2/c14-12-5-2-1-4-11(10-12)7-8-13-6-3-9-15-13/h10,12-14H,1-9H2. The van der Waals surface area contributed by atoms with Crippen molar-refractivity contribution < 1.29 is 9.84 Å². The molecule has 1 aliphatic heterocycles. The molecule has 2 unspecified atom stereocenters. The highest BCUT2D eigenvalue weighted by molar-refractivity contribution is 5.07. The first-order valence-electron chi connectivity index (χ1n) is 6.34. The van der Waals surface area contributed by atoms with Crippen LogP contribution in [-0.2, 0) is 4.74 Å². The van der Waals surface area contributed by atoms with E-state index >= 15 is 0 Å². The second kappa shape index (κ2) is 5.66. The van der Waals surface area contributed by atoms with Gasteiger partial charge in [0.2, 0.25) is 0 Å². The number of aliphatic hydroxyl groups excluding tert-OH is 1. The third-order valence-electron chi connectivity index (χ3n) is 3.49. The van der Waals surface area contributed by atoms with Crippen LogP contribution in [0.1, 0.15) is 51.4 Å². The molecule has 0 amide bonds. The summed E-state index contributed by atoms with van der Waals surface area (Å²) in [5, 5.41) is 9.64. The maximum Gasteiger partial charge on any atom is 0.0723 e. The zero-order valence-corrected chi connectivity index (χ0v) is 9.45. The van der Waals surface area contributed by atoms with Crippen molar-refractivity contribution in [3.63, 3.8) is 0 Å². The van der Waals surface area contributed by atoms with E-state index in [0.29, 0.717) is 6.10 Å². The average Bonchev–Trinajstić information content (AvgIpc) is 2.65. The summed E-state index contributed by atoms with van der Waals surface area (Å²) in [4.78, 5) is 0. The van der Waals surface area contributed by atoms with E-state index in [4.69, 9.17) is 4.74 Å². The van der Waals surface area contributed by atoms with Crippen LogP contribution in [0.25, 0.3) is 0 Å². The van der Waals surface area contributed by atoms with Crippen LogP contribution in [-0.4, -0.2) is 23.9 Å². The van der Waals surface area contributed by atoms with Crippen molar-refractivity contribution >= 4 is 0 Å². The second-order valence-electron chi connectivity index (χ2n) is 4.81. The van der Waals surface area contributed by atoms with Crippen molar-refractivity contribution in [1.29, 1.82) is 0 Å². The Balaban J connectivity index is 1.76. The summed E-state index contributed by atoms with van der Waals surface area (Å²) in [5.74, 6) is 0. The lowest BCUT2D eigenvalue weighted by Gasteiger charge is -2.11. The van der Waals surface area contributed by atoms with Crippen LogP contribution in [0.2, 0.25) is 0 Å². The molecule has 1 N–H and O–H groups in total. The van der Waals surface area contributed by atoms with E-state index in [1.54, 1.807) is 0 Å². The zero-order valence-electron chi connectivity index (χ0n) is 9.45. The maximum atomic E-state index is 9.64. The van der Waals surface area contributed by atoms with E-state index in [9.17, 15) is 5.11 Å². The van der Waals surface area contributed by atoms with Crippen molar-refractivity contribution in [3.05, 3.63) is 11.6 Å². The molecule has 1 fully saturated rings. The number of aliphatic hydroxyl groups is 1. The summed E-state index contributed by atoms with van der Waals surface area (Å²) in [6.07, 6.45) is 11.7. The highest BCUT2D eigenvalue weighted by Gasteiger charge is 2.16. The number of allylic oxidation sites excluding steroid dienone is 1. The predicted molar refractivity (Wildman–Crippen MR) is 60.8 cm³/mol. The number of ether oxygens (including phenoxy) is 1. The van der Waals surface area contributed by atoms with Gasteiger partial charge in [0.05, 0.1) is 12.2 Å². The first-order valence-corrected chi connectivity index (χ1v) is 6.34. The topological polar surface area (TPSA) is 29.5 Å². The van der Waals surface area contributed by atoms with Gasteiger partial charge in [-0.05, 0) is 44.9 Å². The fraction of sp³-hybridized carbons (Fsp3) is 0.846. The molecular formula is C13H22O2. The monoisotopic (exact) mass is 210 g/mol. The highest BCUT2D eigenvalue weighted by atomic mass is 16.5. The van der Waals surface area contributed by atoms with Crippen LogP contribution in [0.15, 0.2) is 11.6 Å². The zero-order chi connectivity index (χ0) is 10.5. The first kappa shape index (κ1) is 11.2. The van der Waals surface area contributed by atoms with Gasteiger partial charge in [0.25, 0.3) is 0 Å². The van der Waals surface area contributed by atoms with Crippen LogP contribution in [0, 0.1) is 0 Å². The van der Waals surface area contributed by atoms with Crippen LogP contribution in [0.3, 0.4) is 0 Å². The number of hydrogen-bond donors (Lipinski definition) is 1.